The summed E-state index contributed by atoms with van der Waals surface area (Å²) in [6, 6.07) is 0. The van der Waals surface area contributed by atoms with E-state index in [1.807, 2.05) is 0 Å². The van der Waals surface area contributed by atoms with Crippen LogP contribution >= 0.6 is 7.82 Å². The molecule has 7 nitrogen and oxygen atoms in total. The van der Waals surface area contributed by atoms with Crippen LogP contribution in [0, 0.1) is 0 Å². The van der Waals surface area contributed by atoms with Crippen LogP contribution in [0.3, 0.4) is 0 Å². The van der Waals surface area contributed by atoms with Gasteiger partial charge in [0, 0.05) is 6.42 Å². The Hall–Kier alpha value is -0.460. The third-order valence-electron chi connectivity index (χ3n) is 5.91. The quantitative estimate of drug-likeness (QED) is 0.0724. The number of carbonyl (C=O) groups is 1. The average Bonchev–Trinajstić information content (AvgIpc) is 2.77. The van der Waals surface area contributed by atoms with Crippen LogP contribution in [0.25, 0.3) is 0 Å². The molecule has 3 N–H and O–H groups in total. The second-order valence-electron chi connectivity index (χ2n) is 9.19. The average molecular weight is 495 g/mol. The number of carbonyl (C=O) groups excluding carboxylic acids is 1. The monoisotopic (exact) mass is 494 g/mol. The van der Waals surface area contributed by atoms with Crippen molar-refractivity contribution in [3.8, 4) is 0 Å². The zero-order valence-electron chi connectivity index (χ0n) is 21.1. The molecule has 0 aromatic carbocycles. The van der Waals surface area contributed by atoms with E-state index >= 15 is 0 Å². The van der Waals surface area contributed by atoms with Gasteiger partial charge in [0.2, 0.25) is 0 Å². The summed E-state index contributed by atoms with van der Waals surface area (Å²) in [5, 5.41) is 9.10. The highest BCUT2D eigenvalue weighted by Crippen LogP contribution is 2.35. The largest absolute Gasteiger partial charge is 0.469 e. The Morgan fingerprint density at radius 2 is 1.06 bits per heavy atom. The van der Waals surface area contributed by atoms with Crippen molar-refractivity contribution < 1.29 is 33.5 Å². The van der Waals surface area contributed by atoms with Crippen molar-refractivity contribution in [1.82, 2.24) is 0 Å². The molecule has 0 aromatic heterocycles. The molecule has 0 aliphatic rings. The molecule has 0 fully saturated rings. The number of phosphoric ester groups is 1. The predicted octanol–water partition coefficient (Wildman–Crippen LogP) is 6.82. The van der Waals surface area contributed by atoms with Crippen molar-refractivity contribution in [1.29, 1.82) is 0 Å². The van der Waals surface area contributed by atoms with Gasteiger partial charge in [0.05, 0.1) is 13.2 Å². The van der Waals surface area contributed by atoms with Gasteiger partial charge in [0.15, 0.2) is 0 Å². The first-order valence-electron chi connectivity index (χ1n) is 13.4. The fraction of sp³-hybridized carbons (Fsp3) is 0.960. The molecule has 0 heterocycles. The Bertz CT molecular complexity index is 481. The SMILES string of the molecule is CCCCCCCCCCCCCCCCCCCCCC(=O)O[C@H](CO)COP(=O)(O)O. The summed E-state index contributed by atoms with van der Waals surface area (Å²) in [6.07, 6.45) is 23.7. The molecule has 0 saturated carbocycles. The molecule has 0 bridgehead atoms. The minimum atomic E-state index is -4.64. The Kier molecular flexibility index (Phi) is 23.0. The molecule has 0 spiro atoms. The van der Waals surface area contributed by atoms with Gasteiger partial charge in [-0.2, -0.15) is 0 Å². The Labute approximate surface area is 202 Å². The number of aliphatic hydroxyl groups is 1. The molecule has 0 unspecified atom stereocenters. The van der Waals surface area contributed by atoms with Gasteiger partial charge in [-0.15, -0.1) is 0 Å². The number of hydrogen-bond acceptors (Lipinski definition) is 5. The summed E-state index contributed by atoms with van der Waals surface area (Å²) >= 11 is 0. The molecule has 33 heavy (non-hydrogen) atoms. The lowest BCUT2D eigenvalue weighted by molar-refractivity contribution is -0.153. The summed E-state index contributed by atoms with van der Waals surface area (Å²) in [5.41, 5.74) is 0. The summed E-state index contributed by atoms with van der Waals surface area (Å²) < 4.78 is 19.9. The van der Waals surface area contributed by atoms with Gasteiger partial charge in [-0.1, -0.05) is 122 Å². The topological polar surface area (TPSA) is 113 Å². The molecule has 0 rings (SSSR count). The fourth-order valence-electron chi connectivity index (χ4n) is 3.90. The third-order valence-corrected chi connectivity index (χ3v) is 6.40. The first-order chi connectivity index (χ1) is 15.9. The van der Waals surface area contributed by atoms with E-state index in [1.165, 1.54) is 103 Å². The molecule has 198 valence electrons. The predicted molar refractivity (Wildman–Crippen MR) is 133 cm³/mol. The summed E-state index contributed by atoms with van der Waals surface area (Å²) in [4.78, 5) is 29.0. The summed E-state index contributed by atoms with van der Waals surface area (Å²) in [5.74, 6) is -0.477. The Balaban J connectivity index is 3.33. The molecule has 0 radical (unpaired) electrons. The van der Waals surface area contributed by atoms with Crippen molar-refractivity contribution in [2.75, 3.05) is 13.2 Å². The van der Waals surface area contributed by atoms with Gasteiger partial charge >= 0.3 is 13.8 Å². The van der Waals surface area contributed by atoms with E-state index in [4.69, 9.17) is 19.6 Å². The second kappa shape index (κ2) is 23.3. The van der Waals surface area contributed by atoms with Crippen LogP contribution in [0.1, 0.15) is 135 Å². The number of unbranched alkanes of at least 4 members (excludes halogenated alkanes) is 18. The normalized spacial score (nSPS) is 12.7. The van der Waals surface area contributed by atoms with E-state index in [0.29, 0.717) is 0 Å². The number of phosphoric acid groups is 1. The van der Waals surface area contributed by atoms with Crippen LogP contribution < -0.4 is 0 Å². The van der Waals surface area contributed by atoms with Crippen LogP contribution in [0.2, 0.25) is 0 Å². The van der Waals surface area contributed by atoms with E-state index in [9.17, 15) is 9.36 Å². The highest BCUT2D eigenvalue weighted by atomic mass is 31.2. The lowest BCUT2D eigenvalue weighted by Gasteiger charge is -2.15. The molecule has 0 aromatic rings. The van der Waals surface area contributed by atoms with Crippen LogP contribution in [-0.4, -0.2) is 40.2 Å². The Morgan fingerprint density at radius 3 is 1.39 bits per heavy atom. The van der Waals surface area contributed by atoms with Gasteiger partial charge < -0.3 is 19.6 Å². The maximum absolute atomic E-state index is 11.7. The molecular formula is C25H51O7P. The van der Waals surface area contributed by atoms with E-state index in [2.05, 4.69) is 11.4 Å². The summed E-state index contributed by atoms with van der Waals surface area (Å²) in [7, 11) is -4.64. The fourth-order valence-corrected chi connectivity index (χ4v) is 4.26. The molecule has 1 atom stereocenters. The zero-order valence-corrected chi connectivity index (χ0v) is 21.9. The Morgan fingerprint density at radius 1 is 0.697 bits per heavy atom. The first-order valence-corrected chi connectivity index (χ1v) is 14.9. The third kappa shape index (κ3) is 26.0. The smallest absolute Gasteiger partial charge is 0.457 e. The summed E-state index contributed by atoms with van der Waals surface area (Å²) in [6.45, 7) is 1.21. The van der Waals surface area contributed by atoms with Crippen LogP contribution in [-0.2, 0) is 18.6 Å². The van der Waals surface area contributed by atoms with E-state index in [-0.39, 0.29) is 6.42 Å². The minimum Gasteiger partial charge on any atom is -0.457 e. The molecule has 0 aliphatic heterocycles. The number of aliphatic hydroxyl groups excluding tert-OH is 1. The number of ether oxygens (including phenoxy) is 1. The maximum atomic E-state index is 11.7. The van der Waals surface area contributed by atoms with Crippen LogP contribution in [0.15, 0.2) is 0 Å². The lowest BCUT2D eigenvalue weighted by atomic mass is 10.0. The van der Waals surface area contributed by atoms with Crippen molar-refractivity contribution >= 4 is 13.8 Å². The zero-order chi connectivity index (χ0) is 24.6. The van der Waals surface area contributed by atoms with Gasteiger partial charge in [-0.05, 0) is 6.42 Å². The molecular weight excluding hydrogens is 443 g/mol. The molecule has 0 saturated heterocycles. The lowest BCUT2D eigenvalue weighted by Crippen LogP contribution is -2.26. The molecule has 0 amide bonds. The number of rotatable bonds is 25. The maximum Gasteiger partial charge on any atom is 0.469 e. The highest BCUT2D eigenvalue weighted by molar-refractivity contribution is 7.46. The highest BCUT2D eigenvalue weighted by Gasteiger charge is 2.20. The molecule has 8 heteroatoms. The van der Waals surface area contributed by atoms with Gasteiger partial charge in [-0.25, -0.2) is 4.57 Å². The second-order valence-corrected chi connectivity index (χ2v) is 10.4. The first kappa shape index (κ1) is 32.5. The minimum absolute atomic E-state index is 0.241. The van der Waals surface area contributed by atoms with Gasteiger partial charge in [0.1, 0.15) is 6.10 Å². The van der Waals surface area contributed by atoms with Crippen molar-refractivity contribution in [2.45, 2.75) is 141 Å². The van der Waals surface area contributed by atoms with Crippen molar-refractivity contribution in [3.05, 3.63) is 0 Å². The van der Waals surface area contributed by atoms with E-state index < -0.39 is 33.1 Å². The number of hydrogen-bond donors (Lipinski definition) is 3. The molecule has 0 aliphatic carbocycles. The van der Waals surface area contributed by atoms with Crippen LogP contribution in [0.4, 0.5) is 0 Å². The van der Waals surface area contributed by atoms with Gasteiger partial charge in [-0.3, -0.25) is 9.32 Å². The van der Waals surface area contributed by atoms with E-state index in [0.717, 1.165) is 19.3 Å². The van der Waals surface area contributed by atoms with E-state index in [1.54, 1.807) is 0 Å². The number of esters is 1. The standard InChI is InChI=1S/C25H51O7P/c1-2-3-4-5-6-7-8-9-10-11-12-13-14-15-16-17-18-19-20-21-25(27)32-24(22-26)23-31-33(28,29)30/h24,26H,2-23H2,1H3,(H2,28,29,30)/t24-/m1/s1. The van der Waals surface area contributed by atoms with Crippen molar-refractivity contribution in [3.63, 3.8) is 0 Å². The van der Waals surface area contributed by atoms with Gasteiger partial charge in [0.25, 0.3) is 0 Å². The van der Waals surface area contributed by atoms with Crippen molar-refractivity contribution in [2.24, 2.45) is 0 Å². The van der Waals surface area contributed by atoms with Crippen LogP contribution in [0.5, 0.6) is 0 Å².